The molecule has 1 aromatic heterocycles. The molecule has 1 saturated heterocycles. The zero-order valence-electron chi connectivity index (χ0n) is 18.2. The number of benzene rings is 2. The van der Waals surface area contributed by atoms with Gasteiger partial charge in [0.05, 0.1) is 16.4 Å². The van der Waals surface area contributed by atoms with E-state index in [1.807, 2.05) is 18.2 Å². The minimum atomic E-state index is -1.14. The largest absolute Gasteiger partial charge is 0.504 e. The zero-order chi connectivity index (χ0) is 22.1. The molecule has 1 saturated carbocycles. The quantitative estimate of drug-likeness (QED) is 0.633. The van der Waals surface area contributed by atoms with Crippen LogP contribution in [-0.2, 0) is 18.3 Å². The molecule has 1 spiro atoms. The summed E-state index contributed by atoms with van der Waals surface area (Å²) in [5.74, 6) is 1.75. The Morgan fingerprint density at radius 2 is 2.00 bits per heavy atom. The number of aromatic hydroxyl groups is 1. The predicted octanol–water partition coefficient (Wildman–Crippen LogP) is 3.20. The molecule has 6 heteroatoms. The number of fused-ring (bicyclic) bond motifs is 3. The van der Waals surface area contributed by atoms with Crippen molar-refractivity contribution in [2.24, 2.45) is 5.92 Å². The van der Waals surface area contributed by atoms with Crippen LogP contribution in [0.1, 0.15) is 47.8 Å². The Morgan fingerprint density at radius 1 is 1.15 bits per heavy atom. The van der Waals surface area contributed by atoms with Crippen molar-refractivity contribution in [2.45, 2.75) is 55.3 Å². The van der Waals surface area contributed by atoms with Crippen LogP contribution < -0.4 is 10.2 Å². The second-order valence-corrected chi connectivity index (χ2v) is 10.7. The van der Waals surface area contributed by atoms with Crippen molar-refractivity contribution in [3.63, 3.8) is 0 Å². The third kappa shape index (κ3) is 2.06. The summed E-state index contributed by atoms with van der Waals surface area (Å²) in [5, 5.41) is 23.9. The zero-order valence-corrected chi connectivity index (χ0v) is 18.2. The Hall–Kier alpha value is -2.83. The first kappa shape index (κ1) is 18.6. The number of likely N-dealkylation sites (tertiary alicyclic amines) is 1. The molecule has 3 aliphatic carbocycles. The normalized spacial score (nSPS) is 33.5. The Kier molecular flexibility index (Phi) is 3.27. The highest BCUT2D eigenvalue weighted by molar-refractivity contribution is 5.78. The molecule has 3 aromatic rings. The van der Waals surface area contributed by atoms with Crippen molar-refractivity contribution in [3.8, 4) is 11.5 Å². The molecule has 2 aromatic carbocycles. The van der Waals surface area contributed by atoms with Gasteiger partial charge in [-0.25, -0.2) is 0 Å². The van der Waals surface area contributed by atoms with Gasteiger partial charge in [-0.3, -0.25) is 9.69 Å². The lowest BCUT2D eigenvalue weighted by Gasteiger charge is -2.62. The number of para-hydroxylation sites is 1. The lowest BCUT2D eigenvalue weighted by atomic mass is 9.49. The third-order valence-corrected chi connectivity index (χ3v) is 9.12. The van der Waals surface area contributed by atoms with E-state index in [-0.39, 0.29) is 23.6 Å². The molecule has 33 heavy (non-hydrogen) atoms. The fraction of sp³-hybridized carbons (Fsp3) is 0.444. The highest BCUT2D eigenvalue weighted by Gasteiger charge is 2.73. The second-order valence-electron chi connectivity index (χ2n) is 10.7. The van der Waals surface area contributed by atoms with Gasteiger partial charge in [-0.2, -0.15) is 0 Å². The molecule has 2 aliphatic heterocycles. The summed E-state index contributed by atoms with van der Waals surface area (Å²) in [6.07, 6.45) is 3.53. The molecule has 4 atom stereocenters. The number of phenols is 1. The van der Waals surface area contributed by atoms with Gasteiger partial charge < -0.3 is 19.4 Å². The Bertz CT molecular complexity index is 1420. The standard InChI is InChI=1S/C27H25NO5/c29-17-8-7-15-11-20-27(31)12-19-21(23(30)16-3-1-2-4-18(16)32-19)25-26(27,22(15)24(17)33-25)9-10-28(20)13-14-5-6-14/h1-4,7-8,14,20,25,29,31H,5-6,9-13H2/t20?,25-,26-,27+/m0/s1. The molecule has 5 aliphatic rings. The van der Waals surface area contributed by atoms with E-state index < -0.39 is 17.1 Å². The topological polar surface area (TPSA) is 83.1 Å². The predicted molar refractivity (Wildman–Crippen MR) is 121 cm³/mol. The number of phenolic OH excluding ortho intramolecular Hbond substituents is 1. The average Bonchev–Trinajstić information content (AvgIpc) is 3.54. The smallest absolute Gasteiger partial charge is 0.199 e. The summed E-state index contributed by atoms with van der Waals surface area (Å²) in [4.78, 5) is 16.2. The highest BCUT2D eigenvalue weighted by atomic mass is 16.5. The van der Waals surface area contributed by atoms with Crippen LogP contribution in [0.25, 0.3) is 11.0 Å². The Labute approximate surface area is 190 Å². The SMILES string of the molecule is O=c1c2c(oc3ccccc13)C[C@@]1(O)C3Cc4ccc(O)c5c4[C@@]1(CCN3CC1CC1)[C@H]2O5. The monoisotopic (exact) mass is 443 g/mol. The van der Waals surface area contributed by atoms with Gasteiger partial charge in [0.2, 0.25) is 0 Å². The van der Waals surface area contributed by atoms with Crippen molar-refractivity contribution in [3.05, 3.63) is 69.1 Å². The van der Waals surface area contributed by atoms with Crippen molar-refractivity contribution in [1.82, 2.24) is 4.90 Å². The van der Waals surface area contributed by atoms with Gasteiger partial charge in [-0.15, -0.1) is 0 Å². The van der Waals surface area contributed by atoms with Crippen molar-refractivity contribution in [1.29, 1.82) is 0 Å². The Morgan fingerprint density at radius 3 is 2.85 bits per heavy atom. The molecule has 3 heterocycles. The van der Waals surface area contributed by atoms with Gasteiger partial charge in [0.15, 0.2) is 16.9 Å². The lowest BCUT2D eigenvalue weighted by molar-refractivity contribution is -0.175. The molecule has 8 rings (SSSR count). The fourth-order valence-corrected chi connectivity index (χ4v) is 7.51. The number of rotatable bonds is 2. The van der Waals surface area contributed by atoms with E-state index >= 15 is 0 Å². The van der Waals surface area contributed by atoms with Gasteiger partial charge in [0.25, 0.3) is 0 Å². The number of piperidine rings is 1. The highest BCUT2D eigenvalue weighted by Crippen LogP contribution is 2.68. The summed E-state index contributed by atoms with van der Waals surface area (Å²) in [6.45, 7) is 1.86. The maximum Gasteiger partial charge on any atom is 0.199 e. The van der Waals surface area contributed by atoms with E-state index in [4.69, 9.17) is 9.15 Å². The molecule has 0 amide bonds. The number of nitrogens with zero attached hydrogens (tertiary/aromatic N) is 1. The number of ether oxygens (including phenoxy) is 1. The summed E-state index contributed by atoms with van der Waals surface area (Å²) in [5.41, 5.74) is 1.09. The van der Waals surface area contributed by atoms with Crippen LogP contribution in [0, 0.1) is 5.92 Å². The van der Waals surface area contributed by atoms with Crippen molar-refractivity contribution in [2.75, 3.05) is 13.1 Å². The van der Waals surface area contributed by atoms with Gasteiger partial charge in [0, 0.05) is 24.6 Å². The first-order valence-electron chi connectivity index (χ1n) is 12.0. The molecule has 2 N–H and O–H groups in total. The molecule has 0 radical (unpaired) electrons. The number of hydrogen-bond acceptors (Lipinski definition) is 6. The average molecular weight is 443 g/mol. The first-order valence-corrected chi connectivity index (χ1v) is 12.0. The van der Waals surface area contributed by atoms with Gasteiger partial charge in [-0.05, 0) is 61.9 Å². The minimum absolute atomic E-state index is 0.0745. The summed E-state index contributed by atoms with van der Waals surface area (Å²) in [6, 6.07) is 10.9. The molecule has 2 bridgehead atoms. The second kappa shape index (κ2) is 5.80. The first-order chi connectivity index (χ1) is 16.0. The molecule has 1 unspecified atom stereocenters. The van der Waals surface area contributed by atoms with Crippen LogP contribution in [-0.4, -0.2) is 39.8 Å². The summed E-state index contributed by atoms with van der Waals surface area (Å²) >= 11 is 0. The molecule has 6 nitrogen and oxygen atoms in total. The molecular formula is C27H25NO5. The van der Waals surface area contributed by atoms with Crippen LogP contribution in [0.4, 0.5) is 0 Å². The van der Waals surface area contributed by atoms with Crippen LogP contribution in [0.3, 0.4) is 0 Å². The third-order valence-electron chi connectivity index (χ3n) is 9.12. The minimum Gasteiger partial charge on any atom is -0.504 e. The van der Waals surface area contributed by atoms with Gasteiger partial charge in [-0.1, -0.05) is 18.2 Å². The Balaban J connectivity index is 1.44. The maximum absolute atomic E-state index is 13.7. The van der Waals surface area contributed by atoms with E-state index in [1.165, 1.54) is 12.8 Å². The molecule has 168 valence electrons. The van der Waals surface area contributed by atoms with E-state index in [0.717, 1.165) is 24.2 Å². The van der Waals surface area contributed by atoms with Crippen LogP contribution in [0.5, 0.6) is 11.5 Å². The van der Waals surface area contributed by atoms with E-state index in [9.17, 15) is 15.0 Å². The van der Waals surface area contributed by atoms with Gasteiger partial charge in [0.1, 0.15) is 23.0 Å². The van der Waals surface area contributed by atoms with Crippen LogP contribution in [0.2, 0.25) is 0 Å². The lowest BCUT2D eigenvalue weighted by Crippen LogP contribution is -2.74. The van der Waals surface area contributed by atoms with Gasteiger partial charge >= 0.3 is 0 Å². The van der Waals surface area contributed by atoms with Crippen molar-refractivity contribution < 1.29 is 19.4 Å². The summed E-state index contributed by atoms with van der Waals surface area (Å²) in [7, 11) is 0. The van der Waals surface area contributed by atoms with E-state index in [1.54, 1.807) is 18.2 Å². The maximum atomic E-state index is 13.7. The van der Waals surface area contributed by atoms with Crippen LogP contribution >= 0.6 is 0 Å². The van der Waals surface area contributed by atoms with Crippen molar-refractivity contribution >= 4 is 11.0 Å². The molecule has 2 fully saturated rings. The number of hydrogen-bond donors (Lipinski definition) is 2. The van der Waals surface area contributed by atoms with Crippen LogP contribution in [0.15, 0.2) is 45.6 Å². The fourth-order valence-electron chi connectivity index (χ4n) is 7.51. The number of aliphatic hydroxyl groups is 1. The van der Waals surface area contributed by atoms with E-state index in [2.05, 4.69) is 4.90 Å². The summed E-state index contributed by atoms with van der Waals surface area (Å²) < 4.78 is 12.8. The molecular weight excluding hydrogens is 418 g/mol. The van der Waals surface area contributed by atoms with E-state index in [0.29, 0.717) is 46.8 Å².